The molecule has 0 unspecified atom stereocenters. The number of phenols is 1. The van der Waals surface area contributed by atoms with Gasteiger partial charge in [0.2, 0.25) is 5.95 Å². The minimum Gasteiger partial charge on any atom is -0.507 e. The number of nitrogens with one attached hydrogen (secondary N) is 2. The third-order valence-corrected chi connectivity index (χ3v) is 8.00. The van der Waals surface area contributed by atoms with Gasteiger partial charge in [0, 0.05) is 25.5 Å². The Kier molecular flexibility index (Phi) is 8.75. The number of aromatic nitrogens is 2. The predicted octanol–water partition coefficient (Wildman–Crippen LogP) is 6.80. The van der Waals surface area contributed by atoms with Gasteiger partial charge in [0.1, 0.15) is 11.6 Å². The van der Waals surface area contributed by atoms with Crippen molar-refractivity contribution in [3.8, 4) is 5.75 Å². The quantitative estimate of drug-likeness (QED) is 0.278. The summed E-state index contributed by atoms with van der Waals surface area (Å²) < 4.78 is 0. The molecule has 0 radical (unpaired) electrons. The maximum Gasteiger partial charge on any atom is 0.225 e. The van der Waals surface area contributed by atoms with Gasteiger partial charge in [-0.05, 0) is 90.8 Å². The Morgan fingerprint density at radius 2 is 1.51 bits per heavy atom. The first-order valence-corrected chi connectivity index (χ1v) is 14.6. The maximum atomic E-state index is 11.0. The van der Waals surface area contributed by atoms with E-state index in [4.69, 9.17) is 9.97 Å². The van der Waals surface area contributed by atoms with Gasteiger partial charge in [-0.2, -0.15) is 4.98 Å². The average molecular weight is 532 g/mol. The summed E-state index contributed by atoms with van der Waals surface area (Å²) in [6.07, 6.45) is 5.67. The van der Waals surface area contributed by atoms with Crippen LogP contribution in [0.4, 0.5) is 11.8 Å². The number of benzene rings is 2. The summed E-state index contributed by atoms with van der Waals surface area (Å²) in [5.74, 6) is 2.85. The van der Waals surface area contributed by atoms with E-state index in [1.165, 1.54) is 18.4 Å². The first-order chi connectivity index (χ1) is 18.3. The van der Waals surface area contributed by atoms with E-state index in [-0.39, 0.29) is 10.8 Å². The summed E-state index contributed by atoms with van der Waals surface area (Å²) in [5.41, 5.74) is 4.19. The highest BCUT2D eigenvalue weighted by atomic mass is 16.3. The number of anilines is 2. The zero-order valence-electron chi connectivity index (χ0n) is 25.4. The maximum absolute atomic E-state index is 11.0. The SMILES string of the molecule is CN(C)c1nc(N[C@H]2CC[C@@H](CNCCc3cc(C(C)(C)C)c(O)c(C(C)(C)C)c3)CC2)nc2ccccc12. The molecule has 6 heteroatoms. The molecule has 1 fully saturated rings. The smallest absolute Gasteiger partial charge is 0.225 e. The Balaban J connectivity index is 1.28. The first kappa shape index (κ1) is 29.1. The van der Waals surface area contributed by atoms with E-state index in [0.717, 1.165) is 66.1 Å². The van der Waals surface area contributed by atoms with Gasteiger partial charge >= 0.3 is 0 Å². The monoisotopic (exact) mass is 531 g/mol. The molecule has 2 aromatic carbocycles. The summed E-state index contributed by atoms with van der Waals surface area (Å²) >= 11 is 0. The second-order valence-electron chi connectivity index (χ2n) is 13.6. The molecule has 3 N–H and O–H groups in total. The molecule has 1 aliphatic carbocycles. The molecular formula is C33H49N5O. The highest BCUT2D eigenvalue weighted by Crippen LogP contribution is 2.40. The van der Waals surface area contributed by atoms with Crippen LogP contribution in [-0.4, -0.2) is 48.3 Å². The van der Waals surface area contributed by atoms with Crippen molar-refractivity contribution in [3.63, 3.8) is 0 Å². The second kappa shape index (κ2) is 11.7. The van der Waals surface area contributed by atoms with Crippen molar-refractivity contribution < 1.29 is 5.11 Å². The van der Waals surface area contributed by atoms with Crippen molar-refractivity contribution in [2.75, 3.05) is 37.4 Å². The van der Waals surface area contributed by atoms with Gasteiger partial charge in [-0.25, -0.2) is 4.98 Å². The highest BCUT2D eigenvalue weighted by molar-refractivity contribution is 5.90. The van der Waals surface area contributed by atoms with Crippen LogP contribution in [0.3, 0.4) is 0 Å². The van der Waals surface area contributed by atoms with Crippen LogP contribution in [0.5, 0.6) is 5.75 Å². The number of aromatic hydroxyl groups is 1. The lowest BCUT2D eigenvalue weighted by molar-refractivity contribution is 0.325. The van der Waals surface area contributed by atoms with Crippen LogP contribution < -0.4 is 15.5 Å². The number of para-hydroxylation sites is 1. The molecule has 39 heavy (non-hydrogen) atoms. The number of rotatable bonds is 8. The molecule has 0 spiro atoms. The lowest BCUT2D eigenvalue weighted by Crippen LogP contribution is -2.32. The first-order valence-electron chi connectivity index (χ1n) is 14.6. The van der Waals surface area contributed by atoms with E-state index in [1.54, 1.807) is 0 Å². The fraction of sp³-hybridized carbons (Fsp3) is 0.576. The van der Waals surface area contributed by atoms with Crippen LogP contribution in [-0.2, 0) is 17.3 Å². The van der Waals surface area contributed by atoms with Crippen molar-refractivity contribution in [2.24, 2.45) is 5.92 Å². The largest absolute Gasteiger partial charge is 0.507 e. The predicted molar refractivity (Wildman–Crippen MR) is 165 cm³/mol. The molecule has 0 atom stereocenters. The van der Waals surface area contributed by atoms with Gasteiger partial charge in [-0.15, -0.1) is 0 Å². The topological polar surface area (TPSA) is 73.3 Å². The summed E-state index contributed by atoms with van der Waals surface area (Å²) in [7, 11) is 4.07. The number of nitrogens with zero attached hydrogens (tertiary/aromatic N) is 3. The molecule has 3 aromatic rings. The Hall–Kier alpha value is -2.86. The van der Waals surface area contributed by atoms with E-state index in [1.807, 2.05) is 26.2 Å². The molecular weight excluding hydrogens is 482 g/mol. The lowest BCUT2D eigenvalue weighted by atomic mass is 9.78. The lowest BCUT2D eigenvalue weighted by Gasteiger charge is -2.30. The number of hydrogen-bond donors (Lipinski definition) is 3. The van der Waals surface area contributed by atoms with Gasteiger partial charge in [0.05, 0.1) is 5.52 Å². The third kappa shape index (κ3) is 7.21. The molecule has 1 saturated carbocycles. The molecule has 0 saturated heterocycles. The summed E-state index contributed by atoms with van der Waals surface area (Å²) in [4.78, 5) is 11.7. The van der Waals surface area contributed by atoms with Crippen LogP contribution in [0.15, 0.2) is 36.4 Å². The number of fused-ring (bicyclic) bond motifs is 1. The molecule has 0 aliphatic heterocycles. The average Bonchev–Trinajstić information content (AvgIpc) is 2.86. The Labute approximate surface area is 235 Å². The molecule has 4 rings (SSSR count). The minimum atomic E-state index is -0.0912. The zero-order valence-corrected chi connectivity index (χ0v) is 25.4. The highest BCUT2D eigenvalue weighted by Gasteiger charge is 2.27. The van der Waals surface area contributed by atoms with Crippen LogP contribution >= 0.6 is 0 Å². The van der Waals surface area contributed by atoms with Gasteiger partial charge in [0.15, 0.2) is 0 Å². The molecule has 1 aromatic heterocycles. The van der Waals surface area contributed by atoms with Gasteiger partial charge in [0.25, 0.3) is 0 Å². The Morgan fingerprint density at radius 3 is 2.10 bits per heavy atom. The summed E-state index contributed by atoms with van der Waals surface area (Å²) in [5, 5.41) is 19.4. The van der Waals surface area contributed by atoms with Crippen LogP contribution in [0, 0.1) is 5.92 Å². The van der Waals surface area contributed by atoms with Crippen molar-refractivity contribution in [2.45, 2.75) is 90.5 Å². The van der Waals surface area contributed by atoms with E-state index in [0.29, 0.717) is 17.7 Å². The third-order valence-electron chi connectivity index (χ3n) is 8.00. The van der Waals surface area contributed by atoms with E-state index < -0.39 is 0 Å². The van der Waals surface area contributed by atoms with E-state index in [9.17, 15) is 5.11 Å². The number of phenolic OH excluding ortho intramolecular Hbond substituents is 1. The Morgan fingerprint density at radius 1 is 0.897 bits per heavy atom. The van der Waals surface area contributed by atoms with E-state index in [2.05, 4.69) is 81.3 Å². The standard InChI is InChI=1S/C33H49N5O/c1-32(2,3)26-19-23(20-27(29(26)39)33(4,5)6)17-18-34-21-22-13-15-24(16-14-22)35-31-36-28-12-10-9-11-25(28)30(37-31)38(7)8/h9-12,19-20,22,24,34,39H,13-18,21H2,1-8H3,(H,35,36,37)/t22-,24+. The fourth-order valence-corrected chi connectivity index (χ4v) is 5.68. The Bertz CT molecular complexity index is 1230. The normalized spacial score (nSPS) is 18.4. The molecule has 0 bridgehead atoms. The van der Waals surface area contributed by atoms with Crippen LogP contribution in [0.25, 0.3) is 10.9 Å². The van der Waals surface area contributed by atoms with Gasteiger partial charge in [-0.3, -0.25) is 0 Å². The van der Waals surface area contributed by atoms with Crippen molar-refractivity contribution in [1.82, 2.24) is 15.3 Å². The number of hydrogen-bond acceptors (Lipinski definition) is 6. The second-order valence-corrected chi connectivity index (χ2v) is 13.6. The fourth-order valence-electron chi connectivity index (χ4n) is 5.68. The van der Waals surface area contributed by atoms with Crippen LogP contribution in [0.2, 0.25) is 0 Å². The summed E-state index contributed by atoms with van der Waals surface area (Å²) in [6.45, 7) is 15.1. The van der Waals surface area contributed by atoms with E-state index >= 15 is 0 Å². The summed E-state index contributed by atoms with van der Waals surface area (Å²) in [6, 6.07) is 13.1. The minimum absolute atomic E-state index is 0.0912. The molecule has 6 nitrogen and oxygen atoms in total. The molecule has 1 heterocycles. The molecule has 0 amide bonds. The van der Waals surface area contributed by atoms with Gasteiger partial charge in [-0.1, -0.05) is 65.8 Å². The zero-order chi connectivity index (χ0) is 28.4. The van der Waals surface area contributed by atoms with Gasteiger partial charge < -0.3 is 20.6 Å². The van der Waals surface area contributed by atoms with Crippen molar-refractivity contribution in [1.29, 1.82) is 0 Å². The van der Waals surface area contributed by atoms with Crippen molar-refractivity contribution >= 4 is 22.7 Å². The molecule has 1 aliphatic rings. The van der Waals surface area contributed by atoms with Crippen LogP contribution in [0.1, 0.15) is 83.9 Å². The van der Waals surface area contributed by atoms with Crippen molar-refractivity contribution in [3.05, 3.63) is 53.1 Å². The molecule has 212 valence electrons.